The fraction of sp³-hybridized carbons (Fsp3) is 0.971. The largest absolute Gasteiger partial charge is 0.461 e. The Labute approximate surface area is 242 Å². The van der Waals surface area contributed by atoms with Crippen LogP contribution in [0, 0.1) is 5.92 Å². The van der Waals surface area contributed by atoms with Gasteiger partial charge in [-0.2, -0.15) is 8.78 Å². The number of hydrogen-bond acceptors (Lipinski definition) is 3. The van der Waals surface area contributed by atoms with Crippen LogP contribution in [-0.4, -0.2) is 24.5 Å². The molecule has 0 saturated heterocycles. The van der Waals surface area contributed by atoms with Gasteiger partial charge < -0.3 is 10.5 Å². The Morgan fingerprint density at radius 3 is 1.41 bits per heavy atom. The average molecular weight is 560 g/mol. The van der Waals surface area contributed by atoms with Crippen molar-refractivity contribution >= 4 is 5.97 Å². The Balaban J connectivity index is 4.08. The van der Waals surface area contributed by atoms with Crippen molar-refractivity contribution in [2.75, 3.05) is 6.61 Å². The number of unbranched alkanes of at least 4 members (excludes halogenated alkanes) is 17. The van der Waals surface area contributed by atoms with E-state index in [1.165, 1.54) is 89.9 Å². The molecular formula is C34H67F2NO2. The standard InChI is InChI=1S/C34H67F2NO2/c1-4-7-10-13-15-17-22-27-32(37)28-23-18-19-24-29-34(35,36)33(38)39-30-31(25-20-12-9-6-3)26-21-16-14-11-8-5-2/h31-32H,4-30,37H2,1-3H3. The van der Waals surface area contributed by atoms with Crippen molar-refractivity contribution < 1.29 is 18.3 Å². The van der Waals surface area contributed by atoms with Crippen molar-refractivity contribution in [2.24, 2.45) is 11.7 Å². The third-order valence-electron chi connectivity index (χ3n) is 8.17. The van der Waals surface area contributed by atoms with Gasteiger partial charge in [-0.1, -0.05) is 149 Å². The number of hydrogen-bond donors (Lipinski definition) is 1. The number of rotatable bonds is 30. The molecule has 39 heavy (non-hydrogen) atoms. The number of carbonyl (C=O) groups excluding carboxylic acids is 1. The third kappa shape index (κ3) is 24.8. The van der Waals surface area contributed by atoms with E-state index in [0.717, 1.165) is 57.8 Å². The smallest absolute Gasteiger partial charge is 0.376 e. The van der Waals surface area contributed by atoms with E-state index in [9.17, 15) is 13.6 Å². The van der Waals surface area contributed by atoms with Crippen LogP contribution in [0.5, 0.6) is 0 Å². The van der Waals surface area contributed by atoms with Gasteiger partial charge in [-0.3, -0.25) is 0 Å². The van der Waals surface area contributed by atoms with Gasteiger partial charge in [0.05, 0.1) is 6.61 Å². The Morgan fingerprint density at radius 2 is 0.949 bits per heavy atom. The molecule has 2 N–H and O–H groups in total. The van der Waals surface area contributed by atoms with Gasteiger partial charge in [0.2, 0.25) is 0 Å². The molecule has 3 nitrogen and oxygen atoms in total. The van der Waals surface area contributed by atoms with E-state index in [1.807, 2.05) is 0 Å². The first-order valence-corrected chi connectivity index (χ1v) is 17.2. The average Bonchev–Trinajstić information content (AvgIpc) is 2.92. The van der Waals surface area contributed by atoms with E-state index in [2.05, 4.69) is 20.8 Å². The van der Waals surface area contributed by atoms with Gasteiger partial charge in [0.15, 0.2) is 0 Å². The highest BCUT2D eigenvalue weighted by molar-refractivity contribution is 5.77. The van der Waals surface area contributed by atoms with Gasteiger partial charge >= 0.3 is 11.9 Å². The van der Waals surface area contributed by atoms with E-state index in [1.54, 1.807) is 0 Å². The SMILES string of the molecule is CCCCCCCCCC(N)CCCCCCC(F)(F)C(=O)OCC(CCCCCC)CCCCCCCC. The van der Waals surface area contributed by atoms with Gasteiger partial charge in [0.1, 0.15) is 0 Å². The first kappa shape index (κ1) is 38.3. The molecule has 0 aliphatic carbocycles. The minimum atomic E-state index is -3.37. The van der Waals surface area contributed by atoms with Crippen LogP contribution in [-0.2, 0) is 9.53 Å². The zero-order valence-electron chi connectivity index (χ0n) is 26.4. The highest BCUT2D eigenvalue weighted by Crippen LogP contribution is 2.26. The Kier molecular flexibility index (Phi) is 27.0. The summed E-state index contributed by atoms with van der Waals surface area (Å²) in [6.45, 7) is 6.78. The summed E-state index contributed by atoms with van der Waals surface area (Å²) < 4.78 is 34.1. The summed E-state index contributed by atoms with van der Waals surface area (Å²) in [5.74, 6) is -4.49. The van der Waals surface area contributed by atoms with Gasteiger partial charge in [-0.25, -0.2) is 4.79 Å². The highest BCUT2D eigenvalue weighted by Gasteiger charge is 2.40. The van der Waals surface area contributed by atoms with Gasteiger partial charge in [-0.15, -0.1) is 0 Å². The number of halogens is 2. The summed E-state index contributed by atoms with van der Waals surface area (Å²) in [6.07, 6.45) is 27.5. The van der Waals surface area contributed by atoms with Crippen molar-refractivity contribution in [3.05, 3.63) is 0 Å². The Morgan fingerprint density at radius 1 is 0.590 bits per heavy atom. The molecule has 0 aromatic rings. The lowest BCUT2D eigenvalue weighted by Gasteiger charge is -2.20. The van der Waals surface area contributed by atoms with Crippen LogP contribution < -0.4 is 5.73 Å². The summed E-state index contributed by atoms with van der Waals surface area (Å²) in [5, 5.41) is 0. The molecule has 2 atom stereocenters. The summed E-state index contributed by atoms with van der Waals surface area (Å²) in [6, 6.07) is 0.225. The van der Waals surface area contributed by atoms with Gasteiger partial charge in [0, 0.05) is 12.5 Å². The van der Waals surface area contributed by atoms with Crippen LogP contribution in [0.1, 0.15) is 188 Å². The maximum Gasteiger partial charge on any atom is 0.376 e. The molecule has 0 aromatic carbocycles. The van der Waals surface area contributed by atoms with Crippen LogP contribution >= 0.6 is 0 Å². The summed E-state index contributed by atoms with van der Waals surface area (Å²) >= 11 is 0. The lowest BCUT2D eigenvalue weighted by Crippen LogP contribution is -2.32. The summed E-state index contributed by atoms with van der Waals surface area (Å²) in [7, 11) is 0. The minimum absolute atomic E-state index is 0.145. The number of esters is 1. The molecule has 2 unspecified atom stereocenters. The second-order valence-electron chi connectivity index (χ2n) is 12.2. The molecule has 0 spiro atoms. The highest BCUT2D eigenvalue weighted by atomic mass is 19.3. The molecule has 0 heterocycles. The molecule has 0 rings (SSSR count). The zero-order chi connectivity index (χ0) is 29.0. The van der Waals surface area contributed by atoms with Crippen LogP contribution in [0.2, 0.25) is 0 Å². The second-order valence-corrected chi connectivity index (χ2v) is 12.2. The molecule has 0 aliphatic heterocycles. The fourth-order valence-corrected chi connectivity index (χ4v) is 5.40. The van der Waals surface area contributed by atoms with E-state index < -0.39 is 18.3 Å². The number of ether oxygens (including phenoxy) is 1. The molecule has 0 aliphatic rings. The molecule has 0 bridgehead atoms. The van der Waals surface area contributed by atoms with Crippen molar-refractivity contribution in [3.8, 4) is 0 Å². The molecule has 0 aromatic heterocycles. The molecule has 5 heteroatoms. The molecule has 234 valence electrons. The Bertz CT molecular complexity index is 529. The lowest BCUT2D eigenvalue weighted by molar-refractivity contribution is -0.174. The van der Waals surface area contributed by atoms with Crippen LogP contribution in [0.3, 0.4) is 0 Å². The predicted octanol–water partition coefficient (Wildman–Crippen LogP) is 11.3. The molecular weight excluding hydrogens is 492 g/mol. The van der Waals surface area contributed by atoms with E-state index in [0.29, 0.717) is 12.8 Å². The van der Waals surface area contributed by atoms with Crippen LogP contribution in [0.4, 0.5) is 8.78 Å². The number of carbonyl (C=O) groups is 1. The molecule has 0 fully saturated rings. The van der Waals surface area contributed by atoms with Gasteiger partial charge in [-0.05, 0) is 38.0 Å². The molecule has 0 radical (unpaired) electrons. The quantitative estimate of drug-likeness (QED) is 0.0703. The van der Waals surface area contributed by atoms with E-state index in [-0.39, 0.29) is 18.6 Å². The van der Waals surface area contributed by atoms with Crippen molar-refractivity contribution in [1.29, 1.82) is 0 Å². The fourth-order valence-electron chi connectivity index (χ4n) is 5.40. The van der Waals surface area contributed by atoms with E-state index >= 15 is 0 Å². The maximum absolute atomic E-state index is 14.5. The Hall–Kier alpha value is -0.710. The topological polar surface area (TPSA) is 52.3 Å². The van der Waals surface area contributed by atoms with Crippen molar-refractivity contribution in [3.63, 3.8) is 0 Å². The number of alkyl halides is 2. The normalized spacial score (nSPS) is 13.5. The van der Waals surface area contributed by atoms with Crippen LogP contribution in [0.15, 0.2) is 0 Å². The second kappa shape index (κ2) is 27.5. The summed E-state index contributed by atoms with van der Waals surface area (Å²) in [4.78, 5) is 12.2. The molecule has 0 saturated carbocycles. The maximum atomic E-state index is 14.5. The van der Waals surface area contributed by atoms with Crippen molar-refractivity contribution in [1.82, 2.24) is 0 Å². The predicted molar refractivity (Wildman–Crippen MR) is 164 cm³/mol. The first-order valence-electron chi connectivity index (χ1n) is 17.2. The zero-order valence-corrected chi connectivity index (χ0v) is 26.4. The monoisotopic (exact) mass is 560 g/mol. The van der Waals surface area contributed by atoms with Crippen LogP contribution in [0.25, 0.3) is 0 Å². The first-order chi connectivity index (χ1) is 18.9. The molecule has 0 amide bonds. The van der Waals surface area contributed by atoms with Crippen molar-refractivity contribution in [2.45, 2.75) is 200 Å². The summed E-state index contributed by atoms with van der Waals surface area (Å²) in [5.41, 5.74) is 6.24. The lowest BCUT2D eigenvalue weighted by atomic mass is 9.95. The number of nitrogens with two attached hydrogens (primary N) is 1. The van der Waals surface area contributed by atoms with Gasteiger partial charge in [0.25, 0.3) is 0 Å². The minimum Gasteiger partial charge on any atom is -0.461 e. The third-order valence-corrected chi connectivity index (χ3v) is 8.17. The van der Waals surface area contributed by atoms with E-state index in [4.69, 9.17) is 10.5 Å².